The molecule has 1 atom stereocenters. The number of sulfone groups is 1. The van der Waals surface area contributed by atoms with Gasteiger partial charge in [0.15, 0.2) is 15.4 Å². The predicted octanol–water partition coefficient (Wildman–Crippen LogP) is 0.380. The fourth-order valence-corrected chi connectivity index (χ4v) is 4.30. The Labute approximate surface area is 120 Å². The molecule has 0 radical (unpaired) electrons. The Kier molecular flexibility index (Phi) is 3.12. The quantitative estimate of drug-likeness (QED) is 0.864. The third kappa shape index (κ3) is 2.58. The van der Waals surface area contributed by atoms with Crippen LogP contribution in [0.1, 0.15) is 16.8 Å². The first-order valence-electron chi connectivity index (χ1n) is 6.46. The maximum atomic E-state index is 12.4. The van der Waals surface area contributed by atoms with E-state index in [1.54, 1.807) is 19.2 Å². The first-order valence-corrected chi connectivity index (χ1v) is 8.28. The zero-order valence-electron chi connectivity index (χ0n) is 11.3. The van der Waals surface area contributed by atoms with Gasteiger partial charge in [0.2, 0.25) is 0 Å². The third-order valence-corrected chi connectivity index (χ3v) is 5.49. The van der Waals surface area contributed by atoms with E-state index in [2.05, 4.69) is 4.98 Å². The van der Waals surface area contributed by atoms with Gasteiger partial charge in [0.1, 0.15) is 0 Å². The van der Waals surface area contributed by atoms with Gasteiger partial charge in [-0.3, -0.25) is 9.78 Å². The first kappa shape index (κ1) is 13.9. The fourth-order valence-electron chi connectivity index (χ4n) is 2.53. The summed E-state index contributed by atoms with van der Waals surface area (Å²) in [5, 5.41) is 0. The summed E-state index contributed by atoms with van der Waals surface area (Å²) in [5.41, 5.74) is 1.18. The number of nitrogens with one attached hydrogen (secondary N) is 1. The van der Waals surface area contributed by atoms with Crippen molar-refractivity contribution in [2.75, 3.05) is 18.6 Å². The zero-order valence-corrected chi connectivity index (χ0v) is 12.1. The molecular formula is C13H14N2O5S. The molecular weight excluding hydrogens is 296 g/mol. The van der Waals surface area contributed by atoms with Crippen LogP contribution < -0.4 is 5.76 Å². The summed E-state index contributed by atoms with van der Waals surface area (Å²) in [5.74, 6) is -0.759. The average molecular weight is 310 g/mol. The van der Waals surface area contributed by atoms with Gasteiger partial charge in [0.05, 0.1) is 17.0 Å². The maximum Gasteiger partial charge on any atom is 0.417 e. The number of benzene rings is 1. The highest BCUT2D eigenvalue weighted by Crippen LogP contribution is 2.20. The van der Waals surface area contributed by atoms with Crippen LogP contribution in [0.5, 0.6) is 0 Å². The van der Waals surface area contributed by atoms with Crippen molar-refractivity contribution in [3.8, 4) is 0 Å². The Balaban J connectivity index is 1.87. The molecule has 1 aliphatic rings. The van der Waals surface area contributed by atoms with Crippen molar-refractivity contribution in [3.05, 3.63) is 34.3 Å². The van der Waals surface area contributed by atoms with E-state index in [-0.39, 0.29) is 23.5 Å². The molecule has 21 heavy (non-hydrogen) atoms. The largest absolute Gasteiger partial charge is 0.417 e. The highest BCUT2D eigenvalue weighted by atomic mass is 32.2. The van der Waals surface area contributed by atoms with E-state index in [1.165, 1.54) is 11.0 Å². The Bertz CT molecular complexity index is 864. The minimum absolute atomic E-state index is 0.00325. The summed E-state index contributed by atoms with van der Waals surface area (Å²) >= 11 is 0. The lowest BCUT2D eigenvalue weighted by Crippen LogP contribution is -2.37. The second-order valence-corrected chi connectivity index (χ2v) is 7.43. The molecule has 0 saturated carbocycles. The lowest BCUT2D eigenvalue weighted by molar-refractivity contribution is 0.0747. The number of nitrogens with zero attached hydrogens (tertiary/aromatic N) is 1. The molecule has 1 aromatic heterocycles. The van der Waals surface area contributed by atoms with Gasteiger partial charge in [0.25, 0.3) is 5.91 Å². The molecule has 112 valence electrons. The number of carbonyl (C=O) groups is 1. The second kappa shape index (κ2) is 4.73. The van der Waals surface area contributed by atoms with Crippen LogP contribution in [-0.2, 0) is 9.84 Å². The van der Waals surface area contributed by atoms with E-state index >= 15 is 0 Å². The summed E-state index contributed by atoms with van der Waals surface area (Å²) in [6.07, 6.45) is 0.450. The number of hydrogen-bond donors (Lipinski definition) is 1. The Morgan fingerprint density at radius 1 is 1.43 bits per heavy atom. The minimum atomic E-state index is -3.05. The van der Waals surface area contributed by atoms with E-state index in [1.807, 2.05) is 0 Å². The van der Waals surface area contributed by atoms with Crippen LogP contribution in [0.2, 0.25) is 0 Å². The molecule has 7 nitrogen and oxygen atoms in total. The van der Waals surface area contributed by atoms with Crippen LogP contribution in [-0.4, -0.2) is 48.8 Å². The van der Waals surface area contributed by atoms with Crippen LogP contribution in [0.25, 0.3) is 11.1 Å². The van der Waals surface area contributed by atoms with Crippen molar-refractivity contribution in [1.82, 2.24) is 9.88 Å². The van der Waals surface area contributed by atoms with E-state index in [0.717, 1.165) is 0 Å². The standard InChI is InChI=1S/C13H14N2O5S/c1-15(9-4-5-21(18,19)7-9)12(16)8-2-3-10-11(6-8)20-13(17)14-10/h2-3,6,9H,4-5,7H2,1H3,(H,14,17). The third-order valence-electron chi connectivity index (χ3n) is 3.74. The highest BCUT2D eigenvalue weighted by Gasteiger charge is 2.33. The number of amides is 1. The molecule has 0 bridgehead atoms. The maximum absolute atomic E-state index is 12.4. The zero-order chi connectivity index (χ0) is 15.2. The Morgan fingerprint density at radius 2 is 2.19 bits per heavy atom. The lowest BCUT2D eigenvalue weighted by atomic mass is 10.1. The monoisotopic (exact) mass is 310 g/mol. The first-order chi connectivity index (χ1) is 9.85. The fraction of sp³-hybridized carbons (Fsp3) is 0.385. The average Bonchev–Trinajstić information content (AvgIpc) is 2.97. The van der Waals surface area contributed by atoms with E-state index in [4.69, 9.17) is 4.42 Å². The molecule has 1 N–H and O–H groups in total. The molecule has 1 saturated heterocycles. The molecule has 8 heteroatoms. The van der Waals surface area contributed by atoms with E-state index in [0.29, 0.717) is 23.1 Å². The summed E-state index contributed by atoms with van der Waals surface area (Å²) in [4.78, 5) is 27.4. The summed E-state index contributed by atoms with van der Waals surface area (Å²) in [6.45, 7) is 0. The number of aromatic nitrogens is 1. The molecule has 1 unspecified atom stereocenters. The number of rotatable bonds is 2. The van der Waals surface area contributed by atoms with Crippen molar-refractivity contribution in [3.63, 3.8) is 0 Å². The predicted molar refractivity (Wildman–Crippen MR) is 76.0 cm³/mol. The van der Waals surface area contributed by atoms with Crippen LogP contribution >= 0.6 is 0 Å². The summed E-state index contributed by atoms with van der Waals surface area (Å²) < 4.78 is 27.9. The minimum Gasteiger partial charge on any atom is -0.408 e. The van der Waals surface area contributed by atoms with Gasteiger partial charge in [-0.1, -0.05) is 0 Å². The SMILES string of the molecule is CN(C(=O)c1ccc2[nH]c(=O)oc2c1)C1CCS(=O)(=O)C1. The van der Waals surface area contributed by atoms with E-state index in [9.17, 15) is 18.0 Å². The van der Waals surface area contributed by atoms with Crippen LogP contribution in [0, 0.1) is 0 Å². The molecule has 1 amide bonds. The van der Waals surface area contributed by atoms with Crippen molar-refractivity contribution in [1.29, 1.82) is 0 Å². The second-order valence-electron chi connectivity index (χ2n) is 5.20. The summed E-state index contributed by atoms with van der Waals surface area (Å²) in [6, 6.07) is 4.34. The van der Waals surface area contributed by atoms with Crippen LogP contribution in [0.3, 0.4) is 0 Å². The van der Waals surface area contributed by atoms with Crippen molar-refractivity contribution >= 4 is 26.8 Å². The van der Waals surface area contributed by atoms with Crippen LogP contribution in [0.15, 0.2) is 27.4 Å². The molecule has 3 rings (SSSR count). The van der Waals surface area contributed by atoms with Crippen LogP contribution in [0.4, 0.5) is 0 Å². The Hall–Kier alpha value is -2.09. The summed E-state index contributed by atoms with van der Waals surface area (Å²) in [7, 11) is -1.46. The normalized spacial score (nSPS) is 20.7. The molecule has 0 spiro atoms. The van der Waals surface area contributed by atoms with Crippen molar-refractivity contribution in [2.45, 2.75) is 12.5 Å². The van der Waals surface area contributed by atoms with Crippen molar-refractivity contribution in [2.24, 2.45) is 0 Å². The number of aromatic amines is 1. The smallest absolute Gasteiger partial charge is 0.408 e. The molecule has 1 aromatic carbocycles. The van der Waals surface area contributed by atoms with Gasteiger partial charge in [-0.05, 0) is 24.6 Å². The van der Waals surface area contributed by atoms with Gasteiger partial charge >= 0.3 is 5.76 Å². The van der Waals surface area contributed by atoms with Crippen molar-refractivity contribution < 1.29 is 17.6 Å². The molecule has 1 fully saturated rings. The number of oxazole rings is 1. The van der Waals surface area contributed by atoms with Gasteiger partial charge < -0.3 is 9.32 Å². The topological polar surface area (TPSA) is 100 Å². The number of carbonyl (C=O) groups excluding carboxylic acids is 1. The van der Waals surface area contributed by atoms with Gasteiger partial charge in [-0.15, -0.1) is 0 Å². The Morgan fingerprint density at radius 3 is 2.86 bits per heavy atom. The van der Waals surface area contributed by atoms with Gasteiger partial charge in [-0.2, -0.15) is 0 Å². The molecule has 1 aliphatic heterocycles. The molecule has 2 heterocycles. The van der Waals surface area contributed by atoms with Gasteiger partial charge in [-0.25, -0.2) is 13.2 Å². The number of hydrogen-bond acceptors (Lipinski definition) is 5. The lowest BCUT2D eigenvalue weighted by Gasteiger charge is -2.23. The molecule has 2 aromatic rings. The number of fused-ring (bicyclic) bond motifs is 1. The van der Waals surface area contributed by atoms with Gasteiger partial charge in [0, 0.05) is 18.7 Å². The number of H-pyrrole nitrogens is 1. The van der Waals surface area contributed by atoms with E-state index < -0.39 is 15.6 Å². The highest BCUT2D eigenvalue weighted by molar-refractivity contribution is 7.91. The molecule has 0 aliphatic carbocycles.